The Kier molecular flexibility index (Phi) is 5.15. The van der Waals surface area contributed by atoms with Crippen molar-refractivity contribution in [2.24, 2.45) is 5.41 Å². The highest BCUT2D eigenvalue weighted by Crippen LogP contribution is 2.39. The average molecular weight is 251 g/mol. The molecule has 0 atom stereocenters. The zero-order valence-corrected chi connectivity index (χ0v) is 11.7. The van der Waals surface area contributed by atoms with Crippen molar-refractivity contribution in [3.63, 3.8) is 0 Å². The van der Waals surface area contributed by atoms with Gasteiger partial charge in [0.1, 0.15) is 0 Å². The minimum Gasteiger partial charge on any atom is -0.388 e. The maximum absolute atomic E-state index is 11.5. The Labute approximate surface area is 110 Å². The number of carbonyl (C=O) groups excluding carboxylic acids is 1. The van der Waals surface area contributed by atoms with Gasteiger partial charge in [-0.15, -0.1) is 0 Å². The minimum atomic E-state index is -0.723. The summed E-state index contributed by atoms with van der Waals surface area (Å²) in [4.78, 5) is 11.5. The minimum absolute atomic E-state index is 0.147. The van der Waals surface area contributed by atoms with Crippen molar-refractivity contribution in [3.05, 3.63) is 24.3 Å². The molecule has 1 saturated carbocycles. The van der Waals surface area contributed by atoms with Gasteiger partial charge >= 0.3 is 0 Å². The van der Waals surface area contributed by atoms with E-state index in [1.807, 2.05) is 13.0 Å². The zero-order valence-electron chi connectivity index (χ0n) is 11.7. The summed E-state index contributed by atoms with van der Waals surface area (Å²) < 4.78 is 0. The molecule has 3 heteroatoms. The molecule has 0 spiro atoms. The van der Waals surface area contributed by atoms with Crippen molar-refractivity contribution in [1.29, 1.82) is 0 Å². The maximum atomic E-state index is 11.5. The predicted octanol–water partition coefficient (Wildman–Crippen LogP) is 2.57. The molecule has 102 valence electrons. The molecule has 0 aliphatic heterocycles. The highest BCUT2D eigenvalue weighted by atomic mass is 16.3. The lowest BCUT2D eigenvalue weighted by molar-refractivity contribution is -0.118. The molecule has 0 bridgehead atoms. The van der Waals surface area contributed by atoms with Gasteiger partial charge in [0.2, 0.25) is 5.91 Å². The summed E-state index contributed by atoms with van der Waals surface area (Å²) in [6, 6.07) is 0. The molecule has 3 nitrogen and oxygen atoms in total. The molecule has 0 aromatic rings. The molecule has 18 heavy (non-hydrogen) atoms. The Morgan fingerprint density at radius 3 is 2.39 bits per heavy atom. The van der Waals surface area contributed by atoms with Crippen LogP contribution in [0.5, 0.6) is 0 Å². The number of amides is 1. The van der Waals surface area contributed by atoms with Gasteiger partial charge in [0.15, 0.2) is 0 Å². The number of carbonyl (C=O) groups is 1. The van der Waals surface area contributed by atoms with Gasteiger partial charge in [0, 0.05) is 12.6 Å². The van der Waals surface area contributed by atoms with Crippen molar-refractivity contribution < 1.29 is 9.90 Å². The molecule has 1 rings (SSSR count). The van der Waals surface area contributed by atoms with Crippen LogP contribution in [-0.2, 0) is 4.79 Å². The Bertz CT molecular complexity index is 332. The van der Waals surface area contributed by atoms with E-state index in [-0.39, 0.29) is 5.91 Å². The summed E-state index contributed by atoms with van der Waals surface area (Å²) in [6.45, 7) is 6.70. The molecule has 2 N–H and O–H groups in total. The summed E-state index contributed by atoms with van der Waals surface area (Å²) >= 11 is 0. The van der Waals surface area contributed by atoms with E-state index in [9.17, 15) is 9.90 Å². The Hall–Kier alpha value is -1.09. The third-order valence-electron chi connectivity index (χ3n) is 3.68. The summed E-state index contributed by atoms with van der Waals surface area (Å²) in [7, 11) is 0. The standard InChI is InChI=1S/C15H25NO2/c1-4-5-6-7-13(17)16-12-15(18)10-8-14(2,3)9-11-15/h4-7,18H,8-12H2,1-3H3,(H,16,17). The molecular formula is C15H25NO2. The van der Waals surface area contributed by atoms with Crippen LogP contribution in [0, 0.1) is 5.41 Å². The highest BCUT2D eigenvalue weighted by molar-refractivity contribution is 5.87. The second kappa shape index (κ2) is 6.19. The van der Waals surface area contributed by atoms with Gasteiger partial charge in [-0.25, -0.2) is 0 Å². The number of aliphatic hydroxyl groups is 1. The third kappa shape index (κ3) is 5.05. The van der Waals surface area contributed by atoms with Crippen LogP contribution in [-0.4, -0.2) is 23.2 Å². The van der Waals surface area contributed by atoms with Gasteiger partial charge in [-0.05, 0) is 38.0 Å². The van der Waals surface area contributed by atoms with Gasteiger partial charge in [0.05, 0.1) is 5.60 Å². The van der Waals surface area contributed by atoms with Gasteiger partial charge in [-0.2, -0.15) is 0 Å². The lowest BCUT2D eigenvalue weighted by Gasteiger charge is -2.40. The molecule has 0 aromatic heterocycles. The largest absolute Gasteiger partial charge is 0.388 e. The summed E-state index contributed by atoms with van der Waals surface area (Å²) in [6.07, 6.45) is 10.4. The predicted molar refractivity (Wildman–Crippen MR) is 74.2 cm³/mol. The SMILES string of the molecule is CC=CC=CC(=O)NCC1(O)CCC(C)(C)CC1. The molecule has 1 aliphatic rings. The first-order valence-electron chi connectivity index (χ1n) is 6.67. The maximum Gasteiger partial charge on any atom is 0.244 e. The average Bonchev–Trinajstić information content (AvgIpc) is 2.32. The van der Waals surface area contributed by atoms with Crippen molar-refractivity contribution >= 4 is 5.91 Å². The molecule has 1 fully saturated rings. The first-order chi connectivity index (χ1) is 8.37. The number of hydrogen-bond donors (Lipinski definition) is 2. The van der Waals surface area contributed by atoms with E-state index >= 15 is 0 Å². The highest BCUT2D eigenvalue weighted by Gasteiger charge is 2.36. The molecule has 0 aromatic carbocycles. The quantitative estimate of drug-likeness (QED) is 0.596. The molecule has 0 saturated heterocycles. The van der Waals surface area contributed by atoms with E-state index in [0.717, 1.165) is 25.7 Å². The Morgan fingerprint density at radius 1 is 1.22 bits per heavy atom. The van der Waals surface area contributed by atoms with E-state index in [4.69, 9.17) is 0 Å². The van der Waals surface area contributed by atoms with E-state index in [1.54, 1.807) is 12.2 Å². The van der Waals surface area contributed by atoms with E-state index in [2.05, 4.69) is 19.2 Å². The number of nitrogens with one attached hydrogen (secondary N) is 1. The molecule has 0 heterocycles. The van der Waals surface area contributed by atoms with Crippen LogP contribution in [0.4, 0.5) is 0 Å². The van der Waals surface area contributed by atoms with Gasteiger partial charge in [-0.1, -0.05) is 32.1 Å². The summed E-state index contributed by atoms with van der Waals surface area (Å²) in [5.74, 6) is -0.147. The van der Waals surface area contributed by atoms with Crippen molar-refractivity contribution in [2.75, 3.05) is 6.54 Å². The topological polar surface area (TPSA) is 49.3 Å². The van der Waals surface area contributed by atoms with Crippen LogP contribution >= 0.6 is 0 Å². The van der Waals surface area contributed by atoms with E-state index < -0.39 is 5.60 Å². The van der Waals surface area contributed by atoms with Gasteiger partial charge in [-0.3, -0.25) is 4.79 Å². The number of rotatable bonds is 4. The fraction of sp³-hybridized carbons (Fsp3) is 0.667. The monoisotopic (exact) mass is 251 g/mol. The van der Waals surface area contributed by atoms with Gasteiger partial charge in [0.25, 0.3) is 0 Å². The van der Waals surface area contributed by atoms with Crippen LogP contribution in [0.1, 0.15) is 46.5 Å². The first-order valence-corrected chi connectivity index (χ1v) is 6.67. The second-order valence-electron chi connectivity index (χ2n) is 5.99. The van der Waals surface area contributed by atoms with Crippen LogP contribution in [0.2, 0.25) is 0 Å². The van der Waals surface area contributed by atoms with Crippen molar-refractivity contribution in [1.82, 2.24) is 5.32 Å². The zero-order chi connectivity index (χ0) is 13.6. The normalized spacial score (nSPS) is 22.4. The smallest absolute Gasteiger partial charge is 0.244 e. The van der Waals surface area contributed by atoms with Crippen LogP contribution in [0.15, 0.2) is 24.3 Å². The summed E-state index contributed by atoms with van der Waals surface area (Å²) in [5.41, 5.74) is -0.401. The first kappa shape index (κ1) is 15.0. The fourth-order valence-corrected chi connectivity index (χ4v) is 2.13. The van der Waals surface area contributed by atoms with Crippen LogP contribution in [0.3, 0.4) is 0 Å². The fourth-order valence-electron chi connectivity index (χ4n) is 2.13. The lowest BCUT2D eigenvalue weighted by Crippen LogP contribution is -2.46. The Balaban J connectivity index is 2.37. The molecule has 1 amide bonds. The van der Waals surface area contributed by atoms with E-state index in [0.29, 0.717) is 12.0 Å². The lowest BCUT2D eigenvalue weighted by atomic mass is 9.71. The van der Waals surface area contributed by atoms with Crippen LogP contribution in [0.25, 0.3) is 0 Å². The van der Waals surface area contributed by atoms with E-state index in [1.165, 1.54) is 6.08 Å². The van der Waals surface area contributed by atoms with Crippen LogP contribution < -0.4 is 5.32 Å². The Morgan fingerprint density at radius 2 is 1.83 bits per heavy atom. The third-order valence-corrected chi connectivity index (χ3v) is 3.68. The van der Waals surface area contributed by atoms with Crippen molar-refractivity contribution in [3.8, 4) is 0 Å². The molecule has 0 unspecified atom stereocenters. The van der Waals surface area contributed by atoms with Crippen molar-refractivity contribution in [2.45, 2.75) is 52.1 Å². The summed E-state index contributed by atoms with van der Waals surface area (Å²) in [5, 5.41) is 13.1. The van der Waals surface area contributed by atoms with Gasteiger partial charge < -0.3 is 10.4 Å². The second-order valence-corrected chi connectivity index (χ2v) is 5.99. The molecular weight excluding hydrogens is 226 g/mol. The molecule has 1 aliphatic carbocycles. The number of hydrogen-bond acceptors (Lipinski definition) is 2. The number of allylic oxidation sites excluding steroid dienone is 3. The molecule has 0 radical (unpaired) electrons.